The Kier molecular flexibility index (Phi) is 8.20. The average molecular weight is 346 g/mol. The van der Waals surface area contributed by atoms with Gasteiger partial charge < -0.3 is 4.74 Å². The number of rotatable bonds is 7. The molecular formula is C21H39BOSi. The van der Waals surface area contributed by atoms with E-state index in [1.54, 1.807) is 7.11 Å². The van der Waals surface area contributed by atoms with Gasteiger partial charge in [0.15, 0.2) is 6.71 Å². The first-order chi connectivity index (χ1) is 11.5. The molecule has 0 N–H and O–H groups in total. The van der Waals surface area contributed by atoms with E-state index in [4.69, 9.17) is 4.74 Å². The Morgan fingerprint density at radius 1 is 0.917 bits per heavy atom. The molecule has 0 aromatic rings. The van der Waals surface area contributed by atoms with Crippen LogP contribution in [0.2, 0.25) is 31.3 Å². The molecule has 0 aromatic heterocycles. The van der Waals surface area contributed by atoms with Gasteiger partial charge in [0, 0.05) is 0 Å². The molecule has 0 aromatic carbocycles. The highest BCUT2D eigenvalue weighted by Crippen LogP contribution is 2.45. The van der Waals surface area contributed by atoms with Crippen molar-refractivity contribution < 1.29 is 4.74 Å². The van der Waals surface area contributed by atoms with E-state index in [2.05, 4.69) is 31.8 Å². The SMILES string of the molecule is CO/C=C/C/C=C(/B(C1CCCCC1)C1CCCCC1)[Si](C)(C)C. The minimum Gasteiger partial charge on any atom is -0.505 e. The Hall–Kier alpha value is -0.438. The number of ether oxygens (including phenoxy) is 1. The number of allylic oxidation sites excluding steroid dienone is 2. The van der Waals surface area contributed by atoms with Crippen molar-refractivity contribution in [2.75, 3.05) is 7.11 Å². The van der Waals surface area contributed by atoms with Crippen LogP contribution in [0.3, 0.4) is 0 Å². The first-order valence-corrected chi connectivity index (χ1v) is 13.9. The minimum atomic E-state index is -1.29. The lowest BCUT2D eigenvalue weighted by Crippen LogP contribution is -2.42. The summed E-state index contributed by atoms with van der Waals surface area (Å²) < 4.78 is 5.10. The number of methoxy groups -OCH3 is 1. The van der Waals surface area contributed by atoms with Crippen LogP contribution in [0.4, 0.5) is 0 Å². The summed E-state index contributed by atoms with van der Waals surface area (Å²) in [7, 11) is 0.451. The summed E-state index contributed by atoms with van der Waals surface area (Å²) in [6, 6.07) is 0. The largest absolute Gasteiger partial charge is 0.505 e. The topological polar surface area (TPSA) is 9.23 Å². The van der Waals surface area contributed by atoms with E-state index < -0.39 is 8.07 Å². The number of hydrogen-bond acceptors (Lipinski definition) is 1. The third kappa shape index (κ3) is 5.82. The van der Waals surface area contributed by atoms with Gasteiger partial charge in [-0.2, -0.15) is 0 Å². The second-order valence-corrected chi connectivity index (χ2v) is 14.2. The summed E-state index contributed by atoms with van der Waals surface area (Å²) in [5, 5.41) is 1.88. The molecule has 2 aliphatic carbocycles. The van der Waals surface area contributed by atoms with Crippen LogP contribution < -0.4 is 0 Å². The van der Waals surface area contributed by atoms with Crippen molar-refractivity contribution in [2.24, 2.45) is 0 Å². The molecule has 136 valence electrons. The molecule has 3 heteroatoms. The standard InChI is InChI=1S/C21H39BOSi/c1-23-18-12-11-17-21(24(2,3)4)22(19-13-7-5-8-14-19)20-15-9-6-10-16-20/h12,17-20H,5-11,13-16H2,1-4H3/b18-12+,21-17-. The zero-order valence-electron chi connectivity index (χ0n) is 16.7. The second-order valence-electron chi connectivity index (χ2n) is 9.07. The van der Waals surface area contributed by atoms with Crippen LogP contribution in [0, 0.1) is 0 Å². The summed E-state index contributed by atoms with van der Waals surface area (Å²) in [5.41, 5.74) is 0. The highest BCUT2D eigenvalue weighted by molar-refractivity contribution is 6.99. The molecule has 24 heavy (non-hydrogen) atoms. The van der Waals surface area contributed by atoms with E-state index in [1.165, 1.54) is 64.2 Å². The zero-order valence-corrected chi connectivity index (χ0v) is 17.7. The highest BCUT2D eigenvalue weighted by Gasteiger charge is 2.40. The molecule has 0 bridgehead atoms. The van der Waals surface area contributed by atoms with Crippen LogP contribution in [-0.2, 0) is 4.74 Å². The van der Waals surface area contributed by atoms with Crippen LogP contribution >= 0.6 is 0 Å². The van der Waals surface area contributed by atoms with Crippen molar-refractivity contribution >= 4 is 14.8 Å². The second kappa shape index (κ2) is 9.89. The van der Waals surface area contributed by atoms with Gasteiger partial charge in [0.2, 0.25) is 0 Å². The minimum absolute atomic E-state index is 0.883. The third-order valence-electron chi connectivity index (χ3n) is 6.25. The Morgan fingerprint density at radius 3 is 1.83 bits per heavy atom. The zero-order chi connectivity index (χ0) is 17.4. The molecule has 0 spiro atoms. The summed E-state index contributed by atoms with van der Waals surface area (Å²) in [4.78, 5) is 0. The summed E-state index contributed by atoms with van der Waals surface area (Å²) in [6.45, 7) is 8.58. The fourth-order valence-corrected chi connectivity index (χ4v) is 7.37. The molecule has 2 saturated carbocycles. The van der Waals surface area contributed by atoms with Crippen LogP contribution in [0.5, 0.6) is 0 Å². The summed E-state index contributed by atoms with van der Waals surface area (Å²) in [5.74, 6) is 1.93. The van der Waals surface area contributed by atoms with Crippen molar-refractivity contribution in [3.63, 3.8) is 0 Å². The van der Waals surface area contributed by atoms with Gasteiger partial charge in [-0.05, 0) is 12.5 Å². The van der Waals surface area contributed by atoms with Crippen LogP contribution in [0.15, 0.2) is 23.5 Å². The molecular weight excluding hydrogens is 307 g/mol. The van der Waals surface area contributed by atoms with Crippen molar-refractivity contribution in [2.45, 2.75) is 102 Å². The fourth-order valence-electron chi connectivity index (χ4n) is 5.17. The van der Waals surface area contributed by atoms with Gasteiger partial charge in [-0.3, -0.25) is 0 Å². The molecule has 0 unspecified atom stereocenters. The Labute approximate surface area is 152 Å². The van der Waals surface area contributed by atoms with Crippen molar-refractivity contribution in [1.29, 1.82) is 0 Å². The van der Waals surface area contributed by atoms with E-state index in [1.807, 2.05) is 11.4 Å². The predicted octanol–water partition coefficient (Wildman–Crippen LogP) is 7.04. The molecule has 0 radical (unpaired) electrons. The first kappa shape index (κ1) is 19.9. The molecule has 2 rings (SSSR count). The normalized spacial score (nSPS) is 22.1. The van der Waals surface area contributed by atoms with Gasteiger partial charge in [0.25, 0.3) is 0 Å². The first-order valence-electron chi connectivity index (χ1n) is 10.4. The van der Waals surface area contributed by atoms with Gasteiger partial charge in [-0.1, -0.05) is 102 Å². The lowest BCUT2D eigenvalue weighted by Gasteiger charge is -2.40. The van der Waals surface area contributed by atoms with E-state index in [0.29, 0.717) is 0 Å². The summed E-state index contributed by atoms with van der Waals surface area (Å²) >= 11 is 0. The average Bonchev–Trinajstić information content (AvgIpc) is 2.58. The molecule has 1 nitrogen and oxygen atoms in total. The van der Waals surface area contributed by atoms with Gasteiger partial charge in [-0.15, -0.1) is 5.10 Å². The van der Waals surface area contributed by atoms with Crippen LogP contribution in [0.25, 0.3) is 0 Å². The van der Waals surface area contributed by atoms with Crippen LogP contribution in [-0.4, -0.2) is 21.9 Å². The molecule has 2 aliphatic rings. The Balaban J connectivity index is 2.26. The lowest BCUT2D eigenvalue weighted by molar-refractivity contribution is 0.337. The van der Waals surface area contributed by atoms with Crippen molar-refractivity contribution in [3.8, 4) is 0 Å². The van der Waals surface area contributed by atoms with Crippen molar-refractivity contribution in [1.82, 2.24) is 0 Å². The highest BCUT2D eigenvalue weighted by atomic mass is 28.3. The molecule has 2 fully saturated rings. The van der Waals surface area contributed by atoms with Crippen molar-refractivity contribution in [3.05, 3.63) is 23.5 Å². The van der Waals surface area contributed by atoms with E-state index in [0.717, 1.165) is 24.8 Å². The van der Waals surface area contributed by atoms with Gasteiger partial charge in [0.05, 0.1) is 21.4 Å². The van der Waals surface area contributed by atoms with Gasteiger partial charge in [0.1, 0.15) is 0 Å². The van der Waals surface area contributed by atoms with Crippen LogP contribution in [0.1, 0.15) is 70.6 Å². The number of hydrogen-bond donors (Lipinski definition) is 0. The maximum Gasteiger partial charge on any atom is 0.171 e. The maximum absolute atomic E-state index is 5.10. The van der Waals surface area contributed by atoms with Gasteiger partial charge >= 0.3 is 0 Å². The van der Waals surface area contributed by atoms with E-state index in [-0.39, 0.29) is 0 Å². The van der Waals surface area contributed by atoms with Gasteiger partial charge in [-0.25, -0.2) is 0 Å². The quantitative estimate of drug-likeness (QED) is 0.355. The fraction of sp³-hybridized carbons (Fsp3) is 0.810. The smallest absolute Gasteiger partial charge is 0.171 e. The maximum atomic E-state index is 5.10. The molecule has 0 amide bonds. The molecule has 0 aliphatic heterocycles. The monoisotopic (exact) mass is 346 g/mol. The lowest BCUT2D eigenvalue weighted by atomic mass is 9.30. The summed E-state index contributed by atoms with van der Waals surface area (Å²) in [6.07, 6.45) is 22.4. The third-order valence-corrected chi connectivity index (χ3v) is 8.52. The van der Waals surface area contributed by atoms with E-state index >= 15 is 0 Å². The molecule has 0 heterocycles. The molecule has 0 atom stereocenters. The Morgan fingerprint density at radius 2 is 1.42 bits per heavy atom. The molecule has 0 saturated heterocycles. The predicted molar refractivity (Wildman–Crippen MR) is 112 cm³/mol. The Bertz CT molecular complexity index is 394. The van der Waals surface area contributed by atoms with E-state index in [9.17, 15) is 0 Å².